The Kier molecular flexibility index (Phi) is 2.59. The molecule has 2 aromatic rings. The Morgan fingerprint density at radius 3 is 3.06 bits per heavy atom. The summed E-state index contributed by atoms with van der Waals surface area (Å²) in [4.78, 5) is 3.15. The van der Waals surface area contributed by atoms with Crippen LogP contribution in [0, 0.1) is 0 Å². The Labute approximate surface area is 98.7 Å². The first-order chi connectivity index (χ1) is 7.86. The van der Waals surface area contributed by atoms with Crippen LogP contribution in [0.15, 0.2) is 24.4 Å². The van der Waals surface area contributed by atoms with Gasteiger partial charge in [0, 0.05) is 35.8 Å². The van der Waals surface area contributed by atoms with Crippen molar-refractivity contribution >= 4 is 22.5 Å². The van der Waals surface area contributed by atoms with Crippen LogP contribution in [0.2, 0.25) is 5.02 Å². The number of nitrogens with one attached hydrogen (secondary N) is 2. The first-order valence-electron chi connectivity index (χ1n) is 5.44. The third-order valence-electron chi connectivity index (χ3n) is 2.97. The molecule has 0 amide bonds. The second-order valence-corrected chi connectivity index (χ2v) is 4.35. The fourth-order valence-corrected chi connectivity index (χ4v) is 2.48. The van der Waals surface area contributed by atoms with Gasteiger partial charge in [0.05, 0.1) is 17.7 Å². The van der Waals surface area contributed by atoms with Crippen LogP contribution in [-0.2, 0) is 4.74 Å². The Balaban J connectivity index is 2.05. The van der Waals surface area contributed by atoms with Crippen molar-refractivity contribution in [3.8, 4) is 0 Å². The summed E-state index contributed by atoms with van der Waals surface area (Å²) < 4.78 is 5.71. The zero-order chi connectivity index (χ0) is 11.0. The quantitative estimate of drug-likeness (QED) is 0.798. The molecule has 0 bridgehead atoms. The normalized spacial score (nSPS) is 21.4. The van der Waals surface area contributed by atoms with E-state index < -0.39 is 0 Å². The average molecular weight is 237 g/mol. The number of morpholine rings is 1. The molecule has 0 spiro atoms. The molecule has 1 atom stereocenters. The van der Waals surface area contributed by atoms with Crippen LogP contribution < -0.4 is 5.32 Å². The van der Waals surface area contributed by atoms with Gasteiger partial charge in [0.25, 0.3) is 0 Å². The Morgan fingerprint density at radius 1 is 1.31 bits per heavy atom. The van der Waals surface area contributed by atoms with Crippen LogP contribution >= 0.6 is 11.6 Å². The molecule has 1 unspecified atom stereocenters. The summed E-state index contributed by atoms with van der Waals surface area (Å²) in [7, 11) is 0. The summed E-state index contributed by atoms with van der Waals surface area (Å²) in [6.45, 7) is 2.49. The monoisotopic (exact) mass is 236 g/mol. The molecule has 16 heavy (non-hydrogen) atoms. The second kappa shape index (κ2) is 4.09. The minimum Gasteiger partial charge on any atom is -0.371 e. The Morgan fingerprint density at radius 2 is 2.25 bits per heavy atom. The molecule has 84 valence electrons. The van der Waals surface area contributed by atoms with E-state index in [9.17, 15) is 0 Å². The predicted octanol–water partition coefficient (Wildman–Crippen LogP) is 2.48. The van der Waals surface area contributed by atoms with Gasteiger partial charge in [-0.15, -0.1) is 0 Å². The number of aromatic nitrogens is 1. The standard InChI is InChI=1S/C12H13ClN2O/c13-12-8-3-4-15-10(8)2-1-9(12)11-7-14-5-6-16-11/h1-4,11,14-15H,5-7H2. The SMILES string of the molecule is Clc1c(C2CNCCO2)ccc2[nH]ccc12. The number of fused-ring (bicyclic) bond motifs is 1. The van der Waals surface area contributed by atoms with Gasteiger partial charge in [0.15, 0.2) is 0 Å². The van der Waals surface area contributed by atoms with E-state index in [1.807, 2.05) is 18.3 Å². The predicted molar refractivity (Wildman–Crippen MR) is 64.9 cm³/mol. The molecule has 3 nitrogen and oxygen atoms in total. The summed E-state index contributed by atoms with van der Waals surface area (Å²) in [5, 5.41) is 5.17. The lowest BCUT2D eigenvalue weighted by Crippen LogP contribution is -2.33. The van der Waals surface area contributed by atoms with Crippen molar-refractivity contribution in [1.29, 1.82) is 0 Å². The van der Waals surface area contributed by atoms with Gasteiger partial charge < -0.3 is 15.0 Å². The minimum atomic E-state index is 0.0700. The van der Waals surface area contributed by atoms with Crippen molar-refractivity contribution in [2.24, 2.45) is 0 Å². The van der Waals surface area contributed by atoms with E-state index in [1.54, 1.807) is 0 Å². The highest BCUT2D eigenvalue weighted by atomic mass is 35.5. The molecule has 4 heteroatoms. The summed E-state index contributed by atoms with van der Waals surface area (Å²) >= 11 is 6.39. The van der Waals surface area contributed by atoms with Crippen molar-refractivity contribution in [1.82, 2.24) is 10.3 Å². The van der Waals surface area contributed by atoms with E-state index in [-0.39, 0.29) is 6.10 Å². The third-order valence-corrected chi connectivity index (χ3v) is 3.39. The van der Waals surface area contributed by atoms with Crippen LogP contribution in [0.5, 0.6) is 0 Å². The molecule has 0 saturated carbocycles. The van der Waals surface area contributed by atoms with Gasteiger partial charge in [-0.1, -0.05) is 17.7 Å². The Bertz CT molecular complexity index is 503. The van der Waals surface area contributed by atoms with E-state index in [0.29, 0.717) is 0 Å². The lowest BCUT2D eigenvalue weighted by Gasteiger charge is -2.24. The fraction of sp³-hybridized carbons (Fsp3) is 0.333. The highest BCUT2D eigenvalue weighted by Crippen LogP contribution is 2.32. The molecule has 1 saturated heterocycles. The van der Waals surface area contributed by atoms with E-state index in [2.05, 4.69) is 16.4 Å². The summed E-state index contributed by atoms with van der Waals surface area (Å²) in [5.74, 6) is 0. The van der Waals surface area contributed by atoms with Gasteiger partial charge in [-0.3, -0.25) is 0 Å². The van der Waals surface area contributed by atoms with Crippen molar-refractivity contribution in [3.05, 3.63) is 35.0 Å². The number of aromatic amines is 1. The van der Waals surface area contributed by atoms with Crippen molar-refractivity contribution in [3.63, 3.8) is 0 Å². The number of ether oxygens (including phenoxy) is 1. The number of benzene rings is 1. The van der Waals surface area contributed by atoms with Gasteiger partial charge in [-0.05, 0) is 12.1 Å². The zero-order valence-corrected chi connectivity index (χ0v) is 9.55. The second-order valence-electron chi connectivity index (χ2n) is 3.97. The molecule has 3 rings (SSSR count). The van der Waals surface area contributed by atoms with Crippen LogP contribution in [0.1, 0.15) is 11.7 Å². The van der Waals surface area contributed by atoms with E-state index in [0.717, 1.165) is 41.2 Å². The van der Waals surface area contributed by atoms with Gasteiger partial charge in [-0.2, -0.15) is 0 Å². The van der Waals surface area contributed by atoms with E-state index >= 15 is 0 Å². The lowest BCUT2D eigenvalue weighted by molar-refractivity contribution is 0.0278. The number of hydrogen-bond acceptors (Lipinski definition) is 2. The molecular formula is C12H13ClN2O. The third kappa shape index (κ3) is 1.61. The van der Waals surface area contributed by atoms with Crippen molar-refractivity contribution in [2.45, 2.75) is 6.10 Å². The average Bonchev–Trinajstić information content (AvgIpc) is 2.80. The molecule has 1 aromatic carbocycles. The largest absolute Gasteiger partial charge is 0.371 e. The molecule has 2 heterocycles. The van der Waals surface area contributed by atoms with Crippen molar-refractivity contribution < 1.29 is 4.74 Å². The Hall–Kier alpha value is -1.03. The zero-order valence-electron chi connectivity index (χ0n) is 8.79. The highest BCUT2D eigenvalue weighted by molar-refractivity contribution is 6.36. The van der Waals surface area contributed by atoms with Gasteiger partial charge >= 0.3 is 0 Å². The van der Waals surface area contributed by atoms with E-state index in [4.69, 9.17) is 16.3 Å². The lowest BCUT2D eigenvalue weighted by atomic mass is 10.1. The molecular weight excluding hydrogens is 224 g/mol. The van der Waals surface area contributed by atoms with Crippen LogP contribution in [0.4, 0.5) is 0 Å². The van der Waals surface area contributed by atoms with Crippen molar-refractivity contribution in [2.75, 3.05) is 19.7 Å². The van der Waals surface area contributed by atoms with Crippen LogP contribution in [0.25, 0.3) is 10.9 Å². The van der Waals surface area contributed by atoms with Gasteiger partial charge in [-0.25, -0.2) is 0 Å². The van der Waals surface area contributed by atoms with E-state index in [1.165, 1.54) is 0 Å². The topological polar surface area (TPSA) is 37.0 Å². The smallest absolute Gasteiger partial charge is 0.0964 e. The summed E-state index contributed by atoms with van der Waals surface area (Å²) in [6.07, 6.45) is 1.97. The first-order valence-corrected chi connectivity index (χ1v) is 5.82. The summed E-state index contributed by atoms with van der Waals surface area (Å²) in [6, 6.07) is 6.09. The molecule has 1 aliphatic heterocycles. The maximum absolute atomic E-state index is 6.39. The molecule has 0 radical (unpaired) electrons. The summed E-state index contributed by atoms with van der Waals surface area (Å²) in [5.41, 5.74) is 2.14. The van der Waals surface area contributed by atoms with Crippen LogP contribution in [-0.4, -0.2) is 24.7 Å². The number of hydrogen-bond donors (Lipinski definition) is 2. The molecule has 0 aliphatic carbocycles. The molecule has 1 aromatic heterocycles. The maximum atomic E-state index is 6.39. The number of rotatable bonds is 1. The molecule has 1 aliphatic rings. The van der Waals surface area contributed by atoms with Gasteiger partial charge in [0.2, 0.25) is 0 Å². The molecule has 1 fully saturated rings. The maximum Gasteiger partial charge on any atom is 0.0964 e. The highest BCUT2D eigenvalue weighted by Gasteiger charge is 2.19. The first kappa shape index (κ1) is 10.1. The van der Waals surface area contributed by atoms with Gasteiger partial charge in [0.1, 0.15) is 0 Å². The number of halogens is 1. The fourth-order valence-electron chi connectivity index (χ4n) is 2.13. The molecule has 2 N–H and O–H groups in total. The minimum absolute atomic E-state index is 0.0700. The number of H-pyrrole nitrogens is 1. The van der Waals surface area contributed by atoms with Crippen LogP contribution in [0.3, 0.4) is 0 Å².